The van der Waals surface area contributed by atoms with Crippen LogP contribution < -0.4 is 10.2 Å². The first-order valence-corrected chi connectivity index (χ1v) is 6.65. The topological polar surface area (TPSA) is 78.9 Å². The van der Waals surface area contributed by atoms with Crippen molar-refractivity contribution in [2.75, 3.05) is 31.2 Å². The molecule has 1 atom stereocenters. The third-order valence-electron chi connectivity index (χ3n) is 3.28. The van der Waals surface area contributed by atoms with E-state index in [1.807, 2.05) is 4.90 Å². The van der Waals surface area contributed by atoms with E-state index >= 15 is 0 Å². The van der Waals surface area contributed by atoms with Gasteiger partial charge in [0.2, 0.25) is 0 Å². The number of carboxylic acids is 1. The summed E-state index contributed by atoms with van der Waals surface area (Å²) in [5, 5.41) is 11.0. The highest BCUT2D eigenvalue weighted by Crippen LogP contribution is 2.21. The maximum absolute atomic E-state index is 14.1. The zero-order valence-corrected chi connectivity index (χ0v) is 11.6. The van der Waals surface area contributed by atoms with Crippen molar-refractivity contribution in [3.05, 3.63) is 29.6 Å². The number of morpholine rings is 1. The second kappa shape index (κ2) is 6.53. The standard InChI is InChI=1S/C14H17FN2O4/c1-9(14(19)20)16-13(18)10-2-3-12(11(15)8-10)17-4-6-21-7-5-17/h2-3,8-9H,4-7H2,1H3,(H,16,18)(H,19,20)/t9-/m0/s1. The summed E-state index contributed by atoms with van der Waals surface area (Å²) in [4.78, 5) is 24.4. The van der Waals surface area contributed by atoms with Gasteiger partial charge in [0.05, 0.1) is 18.9 Å². The molecule has 7 heteroatoms. The van der Waals surface area contributed by atoms with Gasteiger partial charge in [0.25, 0.3) is 5.91 Å². The number of ether oxygens (including phenoxy) is 1. The SMILES string of the molecule is C[C@H](NC(=O)c1ccc(N2CCOCC2)c(F)c1)C(=O)O. The predicted molar refractivity (Wildman–Crippen MR) is 74.0 cm³/mol. The minimum Gasteiger partial charge on any atom is -0.480 e. The molecule has 1 saturated heterocycles. The highest BCUT2D eigenvalue weighted by molar-refractivity contribution is 5.96. The van der Waals surface area contributed by atoms with E-state index in [9.17, 15) is 14.0 Å². The molecule has 1 heterocycles. The molecule has 0 radical (unpaired) electrons. The van der Waals surface area contributed by atoms with Gasteiger partial charge in [0.15, 0.2) is 0 Å². The Hall–Kier alpha value is -2.15. The molecule has 1 aliphatic rings. The first kappa shape index (κ1) is 15.2. The molecule has 0 saturated carbocycles. The fourth-order valence-electron chi connectivity index (χ4n) is 2.05. The Labute approximate surface area is 121 Å². The van der Waals surface area contributed by atoms with Gasteiger partial charge in [-0.15, -0.1) is 0 Å². The molecular formula is C14H17FN2O4. The number of carbonyl (C=O) groups excluding carboxylic acids is 1. The number of hydrogen-bond acceptors (Lipinski definition) is 4. The number of nitrogens with one attached hydrogen (secondary N) is 1. The first-order chi connectivity index (χ1) is 9.99. The number of benzene rings is 1. The normalized spacial score (nSPS) is 16.4. The van der Waals surface area contributed by atoms with Crippen LogP contribution >= 0.6 is 0 Å². The predicted octanol–water partition coefficient (Wildman–Crippen LogP) is 0.865. The maximum Gasteiger partial charge on any atom is 0.325 e. The lowest BCUT2D eigenvalue weighted by Gasteiger charge is -2.29. The van der Waals surface area contributed by atoms with E-state index in [0.29, 0.717) is 32.0 Å². The molecule has 21 heavy (non-hydrogen) atoms. The minimum atomic E-state index is -1.14. The molecule has 2 N–H and O–H groups in total. The zero-order valence-electron chi connectivity index (χ0n) is 11.6. The van der Waals surface area contributed by atoms with Crippen molar-refractivity contribution >= 4 is 17.6 Å². The Morgan fingerprint density at radius 2 is 2.05 bits per heavy atom. The van der Waals surface area contributed by atoms with Crippen LogP contribution in [0.5, 0.6) is 0 Å². The van der Waals surface area contributed by atoms with E-state index in [-0.39, 0.29) is 5.56 Å². The Balaban J connectivity index is 2.11. The number of anilines is 1. The molecule has 0 spiro atoms. The largest absolute Gasteiger partial charge is 0.480 e. The van der Waals surface area contributed by atoms with Crippen LogP contribution in [0.15, 0.2) is 18.2 Å². The lowest BCUT2D eigenvalue weighted by Crippen LogP contribution is -2.38. The van der Waals surface area contributed by atoms with Crippen molar-refractivity contribution in [1.29, 1.82) is 0 Å². The summed E-state index contributed by atoms with van der Waals surface area (Å²) in [5.41, 5.74) is 0.513. The lowest BCUT2D eigenvalue weighted by molar-refractivity contribution is -0.138. The molecule has 1 amide bonds. The summed E-state index contributed by atoms with van der Waals surface area (Å²) in [7, 11) is 0. The minimum absolute atomic E-state index is 0.0950. The second-order valence-corrected chi connectivity index (χ2v) is 4.80. The van der Waals surface area contributed by atoms with Crippen LogP contribution in [-0.4, -0.2) is 49.3 Å². The van der Waals surface area contributed by atoms with Crippen molar-refractivity contribution in [1.82, 2.24) is 5.32 Å². The van der Waals surface area contributed by atoms with Gasteiger partial charge in [0.1, 0.15) is 11.9 Å². The fraction of sp³-hybridized carbons (Fsp3) is 0.429. The van der Waals surface area contributed by atoms with Crippen LogP contribution in [-0.2, 0) is 9.53 Å². The number of aliphatic carboxylic acids is 1. The van der Waals surface area contributed by atoms with E-state index in [1.54, 1.807) is 0 Å². The van der Waals surface area contributed by atoms with Gasteiger partial charge in [-0.1, -0.05) is 0 Å². The van der Waals surface area contributed by atoms with Crippen molar-refractivity contribution in [3.8, 4) is 0 Å². The van der Waals surface area contributed by atoms with Gasteiger partial charge in [-0.25, -0.2) is 4.39 Å². The first-order valence-electron chi connectivity index (χ1n) is 6.65. The van der Waals surface area contributed by atoms with Crippen LogP contribution in [0.25, 0.3) is 0 Å². The van der Waals surface area contributed by atoms with Crippen LogP contribution in [0.4, 0.5) is 10.1 Å². The molecule has 0 bridgehead atoms. The summed E-state index contributed by atoms with van der Waals surface area (Å²) in [6, 6.07) is 3.10. The summed E-state index contributed by atoms with van der Waals surface area (Å²) in [5.74, 6) is -2.27. The van der Waals surface area contributed by atoms with Gasteiger partial charge in [-0.2, -0.15) is 0 Å². The summed E-state index contributed by atoms with van der Waals surface area (Å²) < 4.78 is 19.3. The van der Waals surface area contributed by atoms with Gasteiger partial charge in [0, 0.05) is 18.7 Å². The Bertz CT molecular complexity index is 544. The van der Waals surface area contributed by atoms with Gasteiger partial charge < -0.3 is 20.1 Å². The molecule has 0 aliphatic carbocycles. The Morgan fingerprint density at radius 1 is 1.38 bits per heavy atom. The summed E-state index contributed by atoms with van der Waals surface area (Å²) in [6.45, 7) is 3.62. The van der Waals surface area contributed by atoms with Crippen molar-refractivity contribution in [3.63, 3.8) is 0 Å². The molecule has 1 aromatic carbocycles. The van der Waals surface area contributed by atoms with Crippen molar-refractivity contribution < 1.29 is 23.8 Å². The number of nitrogens with zero attached hydrogens (tertiary/aromatic N) is 1. The molecule has 1 aromatic rings. The van der Waals surface area contributed by atoms with Gasteiger partial charge in [-0.3, -0.25) is 9.59 Å². The number of hydrogen-bond donors (Lipinski definition) is 2. The monoisotopic (exact) mass is 296 g/mol. The van der Waals surface area contributed by atoms with Crippen LogP contribution in [0.2, 0.25) is 0 Å². The Kier molecular flexibility index (Phi) is 4.74. The smallest absolute Gasteiger partial charge is 0.325 e. The maximum atomic E-state index is 14.1. The average molecular weight is 296 g/mol. The molecule has 2 rings (SSSR count). The number of amides is 1. The van der Waals surface area contributed by atoms with Crippen LogP contribution in [0.1, 0.15) is 17.3 Å². The van der Waals surface area contributed by atoms with Crippen molar-refractivity contribution in [2.45, 2.75) is 13.0 Å². The third-order valence-corrected chi connectivity index (χ3v) is 3.28. The van der Waals surface area contributed by atoms with Gasteiger partial charge in [-0.05, 0) is 25.1 Å². The summed E-state index contributed by atoms with van der Waals surface area (Å²) in [6.07, 6.45) is 0. The van der Waals surface area contributed by atoms with Crippen LogP contribution in [0, 0.1) is 5.82 Å². The fourth-order valence-corrected chi connectivity index (χ4v) is 2.05. The zero-order chi connectivity index (χ0) is 15.4. The lowest BCUT2D eigenvalue weighted by atomic mass is 10.1. The molecule has 0 aromatic heterocycles. The highest BCUT2D eigenvalue weighted by atomic mass is 19.1. The van der Waals surface area contributed by atoms with E-state index < -0.39 is 23.7 Å². The molecule has 114 valence electrons. The molecule has 1 aliphatic heterocycles. The molecule has 0 unspecified atom stereocenters. The van der Waals surface area contributed by atoms with E-state index in [4.69, 9.17) is 9.84 Å². The number of halogens is 1. The van der Waals surface area contributed by atoms with E-state index in [0.717, 1.165) is 6.07 Å². The third kappa shape index (κ3) is 3.69. The molecule has 6 nitrogen and oxygen atoms in total. The Morgan fingerprint density at radius 3 is 2.62 bits per heavy atom. The summed E-state index contributed by atoms with van der Waals surface area (Å²) >= 11 is 0. The average Bonchev–Trinajstić information content (AvgIpc) is 2.47. The van der Waals surface area contributed by atoms with E-state index in [1.165, 1.54) is 19.1 Å². The second-order valence-electron chi connectivity index (χ2n) is 4.80. The number of rotatable bonds is 4. The van der Waals surface area contributed by atoms with E-state index in [2.05, 4.69) is 5.32 Å². The quantitative estimate of drug-likeness (QED) is 0.862. The highest BCUT2D eigenvalue weighted by Gasteiger charge is 2.19. The van der Waals surface area contributed by atoms with Gasteiger partial charge >= 0.3 is 5.97 Å². The number of carboxylic acid groups (broad SMARTS) is 1. The van der Waals surface area contributed by atoms with Crippen LogP contribution in [0.3, 0.4) is 0 Å². The molecule has 1 fully saturated rings. The molecular weight excluding hydrogens is 279 g/mol. The van der Waals surface area contributed by atoms with Crippen molar-refractivity contribution in [2.24, 2.45) is 0 Å². The number of carbonyl (C=O) groups is 2.